The van der Waals surface area contributed by atoms with Gasteiger partial charge in [-0.3, -0.25) is 4.79 Å². The topological polar surface area (TPSA) is 120 Å². The van der Waals surface area contributed by atoms with Crippen molar-refractivity contribution >= 4 is 17.0 Å². The van der Waals surface area contributed by atoms with E-state index in [-0.39, 0.29) is 33.8 Å². The number of aromatic hydroxyl groups is 4. The van der Waals surface area contributed by atoms with Crippen LogP contribution < -0.4 is 10.2 Å². The summed E-state index contributed by atoms with van der Waals surface area (Å²) in [7, 11) is 0. The summed E-state index contributed by atoms with van der Waals surface area (Å²) in [5.74, 6) is -1.61. The van der Waals surface area contributed by atoms with Crippen molar-refractivity contribution in [2.45, 2.75) is 59.5 Å². The highest BCUT2D eigenvalue weighted by atomic mass is 16.5. The highest BCUT2D eigenvalue weighted by Crippen LogP contribution is 2.46. The highest BCUT2D eigenvalue weighted by Gasteiger charge is 2.31. The van der Waals surface area contributed by atoms with Crippen LogP contribution in [0.25, 0.3) is 28.4 Å². The molecule has 0 unspecified atom stereocenters. The normalized spacial score (nSPS) is 14.4. The molecule has 0 bridgehead atoms. The second-order valence-electron chi connectivity index (χ2n) is 10.2. The van der Waals surface area contributed by atoms with E-state index >= 15 is 0 Å². The Morgan fingerprint density at radius 2 is 1.73 bits per heavy atom. The summed E-state index contributed by atoms with van der Waals surface area (Å²) in [5, 5.41) is 41.5. The van der Waals surface area contributed by atoms with E-state index in [4.69, 9.17) is 9.15 Å². The zero-order chi connectivity index (χ0) is 27.1. The summed E-state index contributed by atoms with van der Waals surface area (Å²) < 4.78 is 12.3. The number of ether oxygens (including phenoxy) is 1. The van der Waals surface area contributed by atoms with Crippen molar-refractivity contribution in [1.82, 2.24) is 0 Å². The van der Waals surface area contributed by atoms with Gasteiger partial charge in [0.2, 0.25) is 11.2 Å². The number of rotatable bonds is 6. The molecule has 0 saturated heterocycles. The quantitative estimate of drug-likeness (QED) is 0.218. The Balaban J connectivity index is 1.92. The Bertz CT molecular complexity index is 1530. The summed E-state index contributed by atoms with van der Waals surface area (Å²) in [5.41, 5.74) is 2.05. The molecular weight excluding hydrogens is 472 g/mol. The standard InChI is InChI=1S/C30H32O7/c1-16(2)7-6-8-17(3)9-11-19-24(33)23-25(34)26(35)27(18-10-12-21(31)22(32)15-18)36-29(23)20-13-14-30(4,5)37-28(19)20/h7,9-10,12-15,31-33,35H,6,8,11H2,1-5H3/b17-9+. The molecule has 0 fully saturated rings. The van der Waals surface area contributed by atoms with Gasteiger partial charge >= 0.3 is 0 Å². The molecule has 4 N–H and O–H groups in total. The van der Waals surface area contributed by atoms with E-state index in [2.05, 4.69) is 19.9 Å². The molecule has 7 heteroatoms. The van der Waals surface area contributed by atoms with E-state index < -0.39 is 22.5 Å². The van der Waals surface area contributed by atoms with Crippen molar-refractivity contribution < 1.29 is 29.6 Å². The van der Waals surface area contributed by atoms with Crippen LogP contribution in [-0.4, -0.2) is 26.0 Å². The first kappa shape index (κ1) is 25.9. The minimum absolute atomic E-state index is 0.0534. The first-order chi connectivity index (χ1) is 17.4. The fraction of sp³-hybridized carbons (Fsp3) is 0.300. The summed E-state index contributed by atoms with van der Waals surface area (Å²) in [6.45, 7) is 9.91. The van der Waals surface area contributed by atoms with Crippen LogP contribution in [0.2, 0.25) is 0 Å². The molecule has 0 radical (unpaired) electrons. The van der Waals surface area contributed by atoms with E-state index in [1.165, 1.54) is 23.8 Å². The summed E-state index contributed by atoms with van der Waals surface area (Å²) >= 11 is 0. The van der Waals surface area contributed by atoms with Crippen molar-refractivity contribution in [1.29, 1.82) is 0 Å². The summed E-state index contributed by atoms with van der Waals surface area (Å²) in [4.78, 5) is 13.3. The minimum Gasteiger partial charge on any atom is -0.507 e. The Kier molecular flexibility index (Phi) is 6.82. The maximum absolute atomic E-state index is 13.3. The maximum Gasteiger partial charge on any atom is 0.238 e. The average molecular weight is 505 g/mol. The zero-order valence-electron chi connectivity index (χ0n) is 21.7. The van der Waals surface area contributed by atoms with Crippen molar-refractivity contribution in [3.63, 3.8) is 0 Å². The lowest BCUT2D eigenvalue weighted by Gasteiger charge is -2.30. The molecule has 0 amide bonds. The molecule has 4 rings (SSSR count). The number of phenols is 3. The minimum atomic E-state index is -0.812. The predicted molar refractivity (Wildman–Crippen MR) is 144 cm³/mol. The molecule has 3 aromatic rings. The van der Waals surface area contributed by atoms with Gasteiger partial charge in [0.15, 0.2) is 22.8 Å². The van der Waals surface area contributed by atoms with Crippen molar-refractivity contribution in [3.05, 3.63) is 68.9 Å². The number of allylic oxidation sites excluding steroid dienone is 4. The van der Waals surface area contributed by atoms with Crippen molar-refractivity contribution in [2.75, 3.05) is 0 Å². The molecule has 1 aliphatic rings. The van der Waals surface area contributed by atoms with Crippen LogP contribution in [0.4, 0.5) is 0 Å². The maximum atomic E-state index is 13.3. The van der Waals surface area contributed by atoms with E-state index in [1.54, 1.807) is 6.08 Å². The SMILES string of the molecule is CC(C)=CCC/C(C)=C/Cc1c2c(c3oc(-c4ccc(O)c(O)c4)c(O)c(=O)c3c1O)C=CC(C)(C)O2. The average Bonchev–Trinajstić information content (AvgIpc) is 2.81. The van der Waals surface area contributed by atoms with Gasteiger partial charge in [0.25, 0.3) is 0 Å². The van der Waals surface area contributed by atoms with Gasteiger partial charge in [0, 0.05) is 11.1 Å². The lowest BCUT2D eigenvalue weighted by Crippen LogP contribution is -2.28. The van der Waals surface area contributed by atoms with Crippen LogP contribution in [0.1, 0.15) is 58.6 Å². The molecule has 7 nitrogen and oxygen atoms in total. The van der Waals surface area contributed by atoms with Gasteiger partial charge in [-0.05, 0) is 84.2 Å². The number of benzene rings is 2. The molecule has 0 saturated carbocycles. The molecular formula is C30H32O7. The number of hydrogen-bond acceptors (Lipinski definition) is 7. The van der Waals surface area contributed by atoms with Gasteiger partial charge in [-0.25, -0.2) is 0 Å². The second-order valence-corrected chi connectivity index (χ2v) is 10.2. The largest absolute Gasteiger partial charge is 0.507 e. The monoisotopic (exact) mass is 504 g/mol. The lowest BCUT2D eigenvalue weighted by atomic mass is 9.94. The molecule has 2 aromatic carbocycles. The number of phenolic OH excluding ortho intramolecular Hbond substituents is 3. The van der Waals surface area contributed by atoms with Gasteiger partial charge in [0.05, 0.1) is 5.56 Å². The van der Waals surface area contributed by atoms with Crippen LogP contribution in [-0.2, 0) is 6.42 Å². The van der Waals surface area contributed by atoms with E-state index in [0.717, 1.165) is 18.4 Å². The number of fused-ring (bicyclic) bond motifs is 3. The third-order valence-electron chi connectivity index (χ3n) is 6.37. The Labute approximate surface area is 215 Å². The Hall–Kier alpha value is -4.13. The van der Waals surface area contributed by atoms with Crippen LogP contribution >= 0.6 is 0 Å². The summed E-state index contributed by atoms with van der Waals surface area (Å²) in [6, 6.07) is 3.80. The molecule has 0 spiro atoms. The Morgan fingerprint density at radius 3 is 2.41 bits per heavy atom. The van der Waals surface area contributed by atoms with Crippen LogP contribution in [0.3, 0.4) is 0 Å². The molecule has 0 aliphatic carbocycles. The third-order valence-corrected chi connectivity index (χ3v) is 6.37. The van der Waals surface area contributed by atoms with E-state index in [9.17, 15) is 25.2 Å². The smallest absolute Gasteiger partial charge is 0.238 e. The first-order valence-electron chi connectivity index (χ1n) is 12.2. The molecule has 37 heavy (non-hydrogen) atoms. The molecule has 194 valence electrons. The van der Waals surface area contributed by atoms with Crippen molar-refractivity contribution in [3.8, 4) is 40.1 Å². The fourth-order valence-corrected chi connectivity index (χ4v) is 4.32. The van der Waals surface area contributed by atoms with Gasteiger partial charge in [-0.15, -0.1) is 0 Å². The second kappa shape index (κ2) is 9.73. The lowest BCUT2D eigenvalue weighted by molar-refractivity contribution is 0.157. The van der Waals surface area contributed by atoms with Gasteiger partial charge in [0.1, 0.15) is 22.5 Å². The van der Waals surface area contributed by atoms with Crippen LogP contribution in [0, 0.1) is 0 Å². The van der Waals surface area contributed by atoms with Crippen LogP contribution in [0.5, 0.6) is 28.7 Å². The van der Waals surface area contributed by atoms with Gasteiger partial charge < -0.3 is 29.6 Å². The predicted octanol–water partition coefficient (Wildman–Crippen LogP) is 6.70. The van der Waals surface area contributed by atoms with Crippen molar-refractivity contribution in [2.24, 2.45) is 0 Å². The molecule has 1 aliphatic heterocycles. The first-order valence-corrected chi connectivity index (χ1v) is 12.2. The summed E-state index contributed by atoms with van der Waals surface area (Å²) in [6.07, 6.45) is 9.88. The van der Waals surface area contributed by atoms with E-state index in [0.29, 0.717) is 23.3 Å². The zero-order valence-corrected chi connectivity index (χ0v) is 21.7. The highest BCUT2D eigenvalue weighted by molar-refractivity contribution is 5.97. The molecule has 0 atom stereocenters. The van der Waals surface area contributed by atoms with Gasteiger partial charge in [-0.2, -0.15) is 0 Å². The van der Waals surface area contributed by atoms with E-state index in [1.807, 2.05) is 32.9 Å². The number of hydrogen-bond donors (Lipinski definition) is 4. The molecule has 1 aromatic heterocycles. The Morgan fingerprint density at radius 1 is 1.00 bits per heavy atom. The molecule has 2 heterocycles. The third kappa shape index (κ3) is 5.07. The van der Waals surface area contributed by atoms with Gasteiger partial charge in [-0.1, -0.05) is 23.3 Å². The fourth-order valence-electron chi connectivity index (χ4n) is 4.32. The van der Waals surface area contributed by atoms with Crippen LogP contribution in [0.15, 0.2) is 56.8 Å².